The quantitative estimate of drug-likeness (QED) is 0.485. The highest BCUT2D eigenvalue weighted by Gasteiger charge is 2.33. The van der Waals surface area contributed by atoms with Gasteiger partial charge in [-0.1, -0.05) is 60.2 Å². The van der Waals surface area contributed by atoms with Crippen molar-refractivity contribution in [3.63, 3.8) is 0 Å². The molecule has 0 bridgehead atoms. The fourth-order valence-corrected chi connectivity index (χ4v) is 4.17. The first-order valence-corrected chi connectivity index (χ1v) is 11.0. The Morgan fingerprint density at radius 2 is 1.53 bits per heavy atom. The zero-order valence-corrected chi connectivity index (χ0v) is 19.2. The number of nitrogens with one attached hydrogen (secondary N) is 2. The lowest BCUT2D eigenvalue weighted by Crippen LogP contribution is -2.52. The van der Waals surface area contributed by atoms with Crippen LogP contribution in [0, 0.1) is 6.92 Å². The van der Waals surface area contributed by atoms with E-state index >= 15 is 0 Å². The number of aryl methyl sites for hydroxylation is 1. The van der Waals surface area contributed by atoms with Gasteiger partial charge in [0.05, 0.1) is 11.3 Å². The monoisotopic (exact) mass is 458 g/mol. The molecule has 34 heavy (non-hydrogen) atoms. The SMILES string of the molecule is Cc1ccc(NC(=O)C(C)(C)NC(=O)OCC2c3ccccc3-c3ccccc32)c(C(=O)O)c1. The summed E-state index contributed by atoms with van der Waals surface area (Å²) >= 11 is 0. The van der Waals surface area contributed by atoms with Crippen molar-refractivity contribution in [2.45, 2.75) is 32.2 Å². The number of carbonyl (C=O) groups excluding carboxylic acids is 2. The molecule has 0 fully saturated rings. The Hall–Kier alpha value is -4.13. The van der Waals surface area contributed by atoms with Crippen molar-refractivity contribution in [3.05, 3.63) is 89.0 Å². The molecular formula is C27H26N2O5. The van der Waals surface area contributed by atoms with Gasteiger partial charge in [0.2, 0.25) is 5.91 Å². The standard InChI is InChI=1S/C27H26N2O5/c1-16-12-13-23(21(14-16)24(30)31)28-25(32)27(2,3)29-26(33)34-15-22-19-10-6-4-8-17(19)18-9-5-7-11-20(18)22/h4-14,22H,15H2,1-3H3,(H,28,32)(H,29,33)(H,30,31). The first-order valence-electron chi connectivity index (χ1n) is 11.0. The van der Waals surface area contributed by atoms with Gasteiger partial charge in [-0.3, -0.25) is 4.79 Å². The number of carboxylic acids is 1. The van der Waals surface area contributed by atoms with Crippen molar-refractivity contribution < 1.29 is 24.2 Å². The van der Waals surface area contributed by atoms with Gasteiger partial charge < -0.3 is 20.5 Å². The smallest absolute Gasteiger partial charge is 0.408 e. The summed E-state index contributed by atoms with van der Waals surface area (Å²) in [5.74, 6) is -1.81. The van der Waals surface area contributed by atoms with Crippen molar-refractivity contribution in [2.24, 2.45) is 0 Å². The van der Waals surface area contributed by atoms with Crippen LogP contribution in [0.3, 0.4) is 0 Å². The van der Waals surface area contributed by atoms with Crippen LogP contribution in [0.5, 0.6) is 0 Å². The zero-order valence-electron chi connectivity index (χ0n) is 19.2. The Labute approximate surface area is 197 Å². The summed E-state index contributed by atoms with van der Waals surface area (Å²) in [5.41, 5.74) is 3.98. The van der Waals surface area contributed by atoms with Gasteiger partial charge in [-0.15, -0.1) is 0 Å². The number of rotatable bonds is 6. The van der Waals surface area contributed by atoms with Gasteiger partial charge in [-0.25, -0.2) is 9.59 Å². The normalized spacial score (nSPS) is 12.4. The second-order valence-corrected chi connectivity index (χ2v) is 8.88. The summed E-state index contributed by atoms with van der Waals surface area (Å²) in [7, 11) is 0. The Bertz CT molecular complexity index is 1240. The summed E-state index contributed by atoms with van der Waals surface area (Å²) in [6, 6.07) is 20.8. The van der Waals surface area contributed by atoms with Gasteiger partial charge in [0.15, 0.2) is 0 Å². The molecule has 0 unspecified atom stereocenters. The van der Waals surface area contributed by atoms with Gasteiger partial charge in [0, 0.05) is 5.92 Å². The van der Waals surface area contributed by atoms with E-state index in [4.69, 9.17) is 4.74 Å². The molecule has 3 aromatic carbocycles. The molecule has 3 aromatic rings. The van der Waals surface area contributed by atoms with Crippen LogP contribution in [-0.2, 0) is 9.53 Å². The van der Waals surface area contributed by atoms with Crippen molar-refractivity contribution in [2.75, 3.05) is 11.9 Å². The third kappa shape index (κ3) is 4.50. The van der Waals surface area contributed by atoms with Crippen LogP contribution in [0.1, 0.15) is 46.8 Å². The average molecular weight is 459 g/mol. The number of carboxylic acid groups (broad SMARTS) is 1. The first-order chi connectivity index (χ1) is 16.2. The van der Waals surface area contributed by atoms with Crippen molar-refractivity contribution in [1.29, 1.82) is 0 Å². The molecule has 174 valence electrons. The first kappa shape index (κ1) is 23.0. The Balaban J connectivity index is 1.42. The van der Waals surface area contributed by atoms with Crippen LogP contribution >= 0.6 is 0 Å². The number of ether oxygens (including phenoxy) is 1. The van der Waals surface area contributed by atoms with Crippen LogP contribution in [-0.4, -0.2) is 35.2 Å². The number of fused-ring (bicyclic) bond motifs is 3. The van der Waals surface area contributed by atoms with Gasteiger partial charge in [-0.05, 0) is 55.2 Å². The third-order valence-corrected chi connectivity index (χ3v) is 5.98. The predicted molar refractivity (Wildman–Crippen MR) is 129 cm³/mol. The second kappa shape index (κ2) is 9.02. The number of amides is 2. The molecular weight excluding hydrogens is 432 g/mol. The molecule has 3 N–H and O–H groups in total. The van der Waals surface area contributed by atoms with Gasteiger partial charge in [-0.2, -0.15) is 0 Å². The van der Waals surface area contributed by atoms with E-state index in [9.17, 15) is 19.5 Å². The lowest BCUT2D eigenvalue weighted by Gasteiger charge is -2.25. The highest BCUT2D eigenvalue weighted by Crippen LogP contribution is 2.44. The maximum atomic E-state index is 12.8. The van der Waals surface area contributed by atoms with Crippen molar-refractivity contribution >= 4 is 23.7 Å². The van der Waals surface area contributed by atoms with Crippen LogP contribution in [0.15, 0.2) is 66.7 Å². The molecule has 1 aliphatic rings. The van der Waals surface area contributed by atoms with E-state index < -0.39 is 23.5 Å². The van der Waals surface area contributed by atoms with Gasteiger partial charge >= 0.3 is 12.1 Å². The Kier molecular flexibility index (Phi) is 6.11. The number of carbonyl (C=O) groups is 3. The fourth-order valence-electron chi connectivity index (χ4n) is 4.17. The molecule has 7 heteroatoms. The topological polar surface area (TPSA) is 105 Å². The molecule has 0 atom stereocenters. The number of benzene rings is 3. The minimum absolute atomic E-state index is 0.0229. The van der Waals surface area contributed by atoms with Gasteiger partial charge in [0.1, 0.15) is 12.1 Å². The van der Waals surface area contributed by atoms with Crippen LogP contribution < -0.4 is 10.6 Å². The Morgan fingerprint density at radius 3 is 2.12 bits per heavy atom. The molecule has 7 nitrogen and oxygen atoms in total. The van der Waals surface area contributed by atoms with E-state index in [1.807, 2.05) is 36.4 Å². The Morgan fingerprint density at radius 1 is 0.941 bits per heavy atom. The summed E-state index contributed by atoms with van der Waals surface area (Å²) < 4.78 is 5.53. The highest BCUT2D eigenvalue weighted by atomic mass is 16.5. The maximum Gasteiger partial charge on any atom is 0.408 e. The van der Waals surface area contributed by atoms with Gasteiger partial charge in [0.25, 0.3) is 0 Å². The second-order valence-electron chi connectivity index (χ2n) is 8.88. The predicted octanol–water partition coefficient (Wildman–Crippen LogP) is 4.95. The molecule has 0 heterocycles. The minimum atomic E-state index is -1.34. The van der Waals surface area contributed by atoms with Crippen molar-refractivity contribution in [3.8, 4) is 11.1 Å². The average Bonchev–Trinajstić information content (AvgIpc) is 3.12. The number of aromatic carboxylic acids is 1. The van der Waals surface area contributed by atoms with E-state index in [-0.39, 0.29) is 23.8 Å². The number of alkyl carbamates (subject to hydrolysis) is 1. The highest BCUT2D eigenvalue weighted by molar-refractivity contribution is 6.04. The molecule has 4 rings (SSSR count). The molecule has 0 aromatic heterocycles. The zero-order chi connectivity index (χ0) is 24.5. The van der Waals surface area contributed by atoms with E-state index in [1.165, 1.54) is 26.0 Å². The van der Waals surface area contributed by atoms with E-state index in [0.717, 1.165) is 27.8 Å². The number of hydrogen-bond acceptors (Lipinski definition) is 4. The summed E-state index contributed by atoms with van der Waals surface area (Å²) in [6.45, 7) is 4.94. The molecule has 2 amide bonds. The summed E-state index contributed by atoms with van der Waals surface area (Å²) in [5, 5.41) is 14.6. The molecule has 0 spiro atoms. The molecule has 1 aliphatic carbocycles. The van der Waals surface area contributed by atoms with Crippen molar-refractivity contribution in [1.82, 2.24) is 5.32 Å². The lowest BCUT2D eigenvalue weighted by molar-refractivity contribution is -0.121. The van der Waals surface area contributed by atoms with E-state index in [2.05, 4.69) is 22.8 Å². The number of hydrogen-bond donors (Lipinski definition) is 3. The lowest BCUT2D eigenvalue weighted by atomic mass is 9.98. The summed E-state index contributed by atoms with van der Waals surface area (Å²) in [4.78, 5) is 37.0. The van der Waals surface area contributed by atoms with E-state index in [0.29, 0.717) is 0 Å². The largest absolute Gasteiger partial charge is 0.478 e. The minimum Gasteiger partial charge on any atom is -0.478 e. The summed E-state index contributed by atoms with van der Waals surface area (Å²) in [6.07, 6.45) is -0.732. The van der Waals surface area contributed by atoms with Crippen LogP contribution in [0.25, 0.3) is 11.1 Å². The van der Waals surface area contributed by atoms with Crippen LogP contribution in [0.2, 0.25) is 0 Å². The van der Waals surface area contributed by atoms with Crippen LogP contribution in [0.4, 0.5) is 10.5 Å². The third-order valence-electron chi connectivity index (χ3n) is 5.98. The molecule has 0 saturated heterocycles. The maximum absolute atomic E-state index is 12.8. The fraction of sp³-hybridized carbons (Fsp3) is 0.222. The number of anilines is 1. The molecule has 0 aliphatic heterocycles. The molecule has 0 saturated carbocycles. The van der Waals surface area contributed by atoms with E-state index in [1.54, 1.807) is 13.0 Å². The molecule has 0 radical (unpaired) electrons.